The minimum Gasteiger partial charge on any atom is -0.457 e. The highest BCUT2D eigenvalue weighted by molar-refractivity contribution is 5.75. The summed E-state index contributed by atoms with van der Waals surface area (Å²) in [5.41, 5.74) is 0.301. The molecule has 0 amide bonds. The third-order valence-electron chi connectivity index (χ3n) is 2.43. The van der Waals surface area contributed by atoms with Crippen LogP contribution in [0, 0.1) is 5.41 Å². The summed E-state index contributed by atoms with van der Waals surface area (Å²) in [6.45, 7) is 5.40. The molecule has 0 saturated carbocycles. The quantitative estimate of drug-likeness (QED) is 0.794. The fourth-order valence-corrected chi connectivity index (χ4v) is 1.36. The Morgan fingerprint density at radius 1 is 1.26 bits per heavy atom. The lowest BCUT2D eigenvalue weighted by atomic mass is 9.97. The van der Waals surface area contributed by atoms with Crippen LogP contribution < -0.4 is 0 Å². The Labute approximate surface area is 111 Å². The Bertz CT molecular complexity index is 556. The summed E-state index contributed by atoms with van der Waals surface area (Å²) in [5.74, 6) is 0.484. The van der Waals surface area contributed by atoms with Crippen LogP contribution in [-0.2, 0) is 16.1 Å². The summed E-state index contributed by atoms with van der Waals surface area (Å²) in [4.78, 5) is 15.8. The first kappa shape index (κ1) is 13.3. The van der Waals surface area contributed by atoms with Gasteiger partial charge in [0.25, 0.3) is 5.89 Å². The van der Waals surface area contributed by atoms with Gasteiger partial charge in [0.15, 0.2) is 6.61 Å². The van der Waals surface area contributed by atoms with Crippen molar-refractivity contribution in [3.63, 3.8) is 0 Å². The molecule has 5 nitrogen and oxygen atoms in total. The number of esters is 1. The van der Waals surface area contributed by atoms with E-state index in [2.05, 4.69) is 10.1 Å². The Morgan fingerprint density at radius 2 is 1.95 bits per heavy atom. The molecule has 0 spiro atoms. The molecule has 1 aromatic carbocycles. The van der Waals surface area contributed by atoms with Crippen molar-refractivity contribution in [3.8, 4) is 11.5 Å². The molecule has 0 atom stereocenters. The molecule has 100 valence electrons. The number of rotatable bonds is 3. The normalized spacial score (nSPS) is 11.3. The molecule has 0 aliphatic heterocycles. The zero-order valence-corrected chi connectivity index (χ0v) is 11.2. The van der Waals surface area contributed by atoms with E-state index in [1.807, 2.05) is 30.3 Å². The van der Waals surface area contributed by atoms with Crippen LogP contribution in [0.5, 0.6) is 0 Å². The summed E-state index contributed by atoms with van der Waals surface area (Å²) >= 11 is 0. The van der Waals surface area contributed by atoms with Crippen molar-refractivity contribution in [3.05, 3.63) is 36.2 Å². The van der Waals surface area contributed by atoms with Gasteiger partial charge in [0.05, 0.1) is 5.41 Å². The molecule has 2 aromatic rings. The molecule has 0 saturated heterocycles. The molecule has 19 heavy (non-hydrogen) atoms. The van der Waals surface area contributed by atoms with Crippen molar-refractivity contribution < 1.29 is 14.1 Å². The van der Waals surface area contributed by atoms with E-state index in [0.717, 1.165) is 5.56 Å². The molecule has 0 N–H and O–H groups in total. The molecule has 0 fully saturated rings. The molecule has 0 unspecified atom stereocenters. The summed E-state index contributed by atoms with van der Waals surface area (Å²) in [6.07, 6.45) is 0. The largest absolute Gasteiger partial charge is 0.457 e. The predicted molar refractivity (Wildman–Crippen MR) is 69.0 cm³/mol. The van der Waals surface area contributed by atoms with Gasteiger partial charge in [-0.25, -0.2) is 0 Å². The molecule has 0 aliphatic carbocycles. The van der Waals surface area contributed by atoms with E-state index in [-0.39, 0.29) is 12.6 Å². The topological polar surface area (TPSA) is 65.2 Å². The average Bonchev–Trinajstić information content (AvgIpc) is 2.84. The highest BCUT2D eigenvalue weighted by atomic mass is 16.5. The van der Waals surface area contributed by atoms with Crippen molar-refractivity contribution in [2.45, 2.75) is 27.4 Å². The summed E-state index contributed by atoms with van der Waals surface area (Å²) in [6, 6.07) is 9.43. The lowest BCUT2D eigenvalue weighted by Crippen LogP contribution is -2.22. The van der Waals surface area contributed by atoms with Gasteiger partial charge < -0.3 is 9.26 Å². The van der Waals surface area contributed by atoms with Gasteiger partial charge in [-0.15, -0.1) is 0 Å². The summed E-state index contributed by atoms with van der Waals surface area (Å²) in [7, 11) is 0. The Hall–Kier alpha value is -2.17. The first-order valence-corrected chi connectivity index (χ1v) is 6.02. The number of ether oxygens (including phenoxy) is 1. The fraction of sp³-hybridized carbons (Fsp3) is 0.357. The van der Waals surface area contributed by atoms with Crippen LogP contribution in [-0.4, -0.2) is 16.1 Å². The molecule has 1 aromatic heterocycles. The van der Waals surface area contributed by atoms with Crippen LogP contribution in [0.4, 0.5) is 0 Å². The second-order valence-electron chi connectivity index (χ2n) is 5.21. The average molecular weight is 260 g/mol. The van der Waals surface area contributed by atoms with Crippen molar-refractivity contribution in [2.24, 2.45) is 5.41 Å². The van der Waals surface area contributed by atoms with Gasteiger partial charge in [0.1, 0.15) is 0 Å². The Kier molecular flexibility index (Phi) is 3.64. The molecule has 0 bridgehead atoms. The monoisotopic (exact) mass is 260 g/mol. The zero-order valence-electron chi connectivity index (χ0n) is 11.2. The number of carbonyl (C=O) groups is 1. The summed E-state index contributed by atoms with van der Waals surface area (Å²) in [5, 5.41) is 3.78. The van der Waals surface area contributed by atoms with Crippen molar-refractivity contribution in [2.75, 3.05) is 0 Å². The molecule has 5 heteroatoms. The standard InChI is InChI=1S/C14H16N2O3/c1-14(2,3)13(17)18-9-11-15-12(19-16-11)10-7-5-4-6-8-10/h4-8H,9H2,1-3H3. The fourth-order valence-electron chi connectivity index (χ4n) is 1.36. The zero-order chi connectivity index (χ0) is 13.9. The van der Waals surface area contributed by atoms with E-state index in [9.17, 15) is 4.79 Å². The van der Waals surface area contributed by atoms with Crippen molar-refractivity contribution in [1.29, 1.82) is 0 Å². The molecular formula is C14H16N2O3. The SMILES string of the molecule is CC(C)(C)C(=O)OCc1noc(-c2ccccc2)n1. The minimum atomic E-state index is -0.536. The van der Waals surface area contributed by atoms with Gasteiger partial charge in [0.2, 0.25) is 5.82 Å². The maximum atomic E-state index is 11.6. The number of hydrogen-bond donors (Lipinski definition) is 0. The Morgan fingerprint density at radius 3 is 2.58 bits per heavy atom. The second-order valence-corrected chi connectivity index (χ2v) is 5.21. The van der Waals surface area contributed by atoms with E-state index in [1.165, 1.54) is 0 Å². The van der Waals surface area contributed by atoms with Gasteiger partial charge >= 0.3 is 5.97 Å². The van der Waals surface area contributed by atoms with E-state index in [1.54, 1.807) is 20.8 Å². The molecule has 1 heterocycles. The summed E-state index contributed by atoms with van der Waals surface area (Å²) < 4.78 is 10.2. The van der Waals surface area contributed by atoms with Gasteiger partial charge in [0, 0.05) is 5.56 Å². The van der Waals surface area contributed by atoms with E-state index >= 15 is 0 Å². The maximum absolute atomic E-state index is 11.6. The van der Waals surface area contributed by atoms with Crippen LogP contribution in [0.3, 0.4) is 0 Å². The lowest BCUT2D eigenvalue weighted by molar-refractivity contribution is -0.154. The molecule has 2 rings (SSSR count). The van der Waals surface area contributed by atoms with Crippen LogP contribution in [0.15, 0.2) is 34.9 Å². The van der Waals surface area contributed by atoms with E-state index in [0.29, 0.717) is 11.7 Å². The second kappa shape index (κ2) is 5.22. The first-order valence-electron chi connectivity index (χ1n) is 6.02. The van der Waals surface area contributed by atoms with Crippen molar-refractivity contribution >= 4 is 5.97 Å². The van der Waals surface area contributed by atoms with Gasteiger partial charge in [-0.2, -0.15) is 4.98 Å². The highest BCUT2D eigenvalue weighted by Gasteiger charge is 2.23. The number of benzene rings is 1. The lowest BCUT2D eigenvalue weighted by Gasteiger charge is -2.15. The highest BCUT2D eigenvalue weighted by Crippen LogP contribution is 2.18. The molecule has 0 aliphatic rings. The predicted octanol–water partition coefficient (Wildman–Crippen LogP) is 2.83. The number of aromatic nitrogens is 2. The van der Waals surface area contributed by atoms with Gasteiger partial charge in [-0.05, 0) is 32.9 Å². The van der Waals surface area contributed by atoms with Crippen molar-refractivity contribution in [1.82, 2.24) is 10.1 Å². The minimum absolute atomic E-state index is 0.0203. The Balaban J connectivity index is 2.01. The van der Waals surface area contributed by atoms with Gasteiger partial charge in [-0.1, -0.05) is 23.4 Å². The van der Waals surface area contributed by atoms with Crippen LogP contribution >= 0.6 is 0 Å². The third-order valence-corrected chi connectivity index (χ3v) is 2.43. The van der Waals surface area contributed by atoms with E-state index < -0.39 is 5.41 Å². The number of hydrogen-bond acceptors (Lipinski definition) is 5. The van der Waals surface area contributed by atoms with Crippen LogP contribution in [0.25, 0.3) is 11.5 Å². The number of carbonyl (C=O) groups excluding carboxylic acids is 1. The molecular weight excluding hydrogens is 244 g/mol. The first-order chi connectivity index (χ1) is 8.97. The smallest absolute Gasteiger partial charge is 0.311 e. The third kappa shape index (κ3) is 3.40. The van der Waals surface area contributed by atoms with E-state index in [4.69, 9.17) is 9.26 Å². The van der Waals surface area contributed by atoms with Gasteiger partial charge in [-0.3, -0.25) is 4.79 Å². The maximum Gasteiger partial charge on any atom is 0.311 e. The number of nitrogens with zero attached hydrogens (tertiary/aromatic N) is 2. The molecule has 0 radical (unpaired) electrons. The van der Waals surface area contributed by atoms with Crippen LogP contribution in [0.1, 0.15) is 26.6 Å². The van der Waals surface area contributed by atoms with Crippen LogP contribution in [0.2, 0.25) is 0 Å².